The van der Waals surface area contributed by atoms with Gasteiger partial charge >= 0.3 is 17.9 Å². The van der Waals surface area contributed by atoms with Gasteiger partial charge in [-0.1, -0.05) is 49.6 Å². The normalized spacial score (nSPS) is 21.5. The van der Waals surface area contributed by atoms with Crippen LogP contribution in [-0.4, -0.2) is 58.7 Å². The quantitative estimate of drug-likeness (QED) is 0.604. The molecule has 2 fully saturated rings. The van der Waals surface area contributed by atoms with Crippen molar-refractivity contribution in [2.24, 2.45) is 5.92 Å². The average Bonchev–Trinajstić information content (AvgIpc) is 2.74. The van der Waals surface area contributed by atoms with Gasteiger partial charge in [-0.25, -0.2) is 14.4 Å². The van der Waals surface area contributed by atoms with E-state index in [1.165, 1.54) is 17.0 Å². The standard InChI is InChI=1S/C20H27N3O5/c24-18(16-9-5-2-6-10-16)23(28,20(27)22-13-11-21-12-14-22)17(19(25)26)15-7-3-1-4-8-15/h1,3-4,7-8,16-17,21H,2,5-6,9-14H2,(H,25,26). The minimum absolute atomic E-state index is 0.164. The number of hydroxylamine groups is 3. The van der Waals surface area contributed by atoms with E-state index < -0.39 is 34.5 Å². The summed E-state index contributed by atoms with van der Waals surface area (Å²) in [6.07, 6.45) is 3.64. The maximum absolute atomic E-state index is 14.0. The molecule has 0 spiro atoms. The van der Waals surface area contributed by atoms with Crippen molar-refractivity contribution in [3.8, 4) is 0 Å². The van der Waals surface area contributed by atoms with Gasteiger partial charge in [-0.05, 0) is 12.8 Å². The molecule has 1 saturated heterocycles. The number of nitrogens with zero attached hydrogens (tertiary/aromatic N) is 2. The van der Waals surface area contributed by atoms with Crippen molar-refractivity contribution in [3.05, 3.63) is 41.1 Å². The van der Waals surface area contributed by atoms with Crippen LogP contribution in [0.1, 0.15) is 43.7 Å². The zero-order chi connectivity index (χ0) is 20.1. The van der Waals surface area contributed by atoms with Gasteiger partial charge in [-0.15, -0.1) is 0 Å². The van der Waals surface area contributed by atoms with E-state index in [2.05, 4.69) is 5.32 Å². The number of nitrogens with one attached hydrogen (secondary N) is 1. The Hall–Kier alpha value is -2.29. The number of amides is 3. The summed E-state index contributed by atoms with van der Waals surface area (Å²) in [4.78, 5) is 40.1. The number of carbonyl (C=O) groups excluding carboxylic acids is 2. The third-order valence-electron chi connectivity index (χ3n) is 5.67. The van der Waals surface area contributed by atoms with Crippen LogP contribution in [0.25, 0.3) is 0 Å². The number of hydrogen-bond donors (Lipinski definition) is 2. The molecule has 2 atom stereocenters. The molecule has 8 nitrogen and oxygen atoms in total. The second kappa shape index (κ2) is 8.81. The molecule has 3 amide bonds. The number of aliphatic carboxylic acids is 1. The van der Waals surface area contributed by atoms with Gasteiger partial charge in [0.1, 0.15) is 0 Å². The summed E-state index contributed by atoms with van der Waals surface area (Å²) in [5.41, 5.74) is 0.164. The molecular formula is C20H27N3O5. The monoisotopic (exact) mass is 389 g/mol. The number of imide groups is 1. The molecule has 2 N–H and O–H groups in total. The zero-order valence-corrected chi connectivity index (χ0v) is 15.9. The summed E-state index contributed by atoms with van der Waals surface area (Å²) in [6.45, 7) is 1.57. The van der Waals surface area contributed by atoms with Gasteiger partial charge in [-0.2, -0.15) is 4.65 Å². The highest BCUT2D eigenvalue weighted by Crippen LogP contribution is 2.36. The lowest BCUT2D eigenvalue weighted by atomic mass is 9.87. The van der Waals surface area contributed by atoms with Gasteiger partial charge < -0.3 is 15.6 Å². The summed E-state index contributed by atoms with van der Waals surface area (Å²) >= 11 is 0. The molecule has 1 aromatic carbocycles. The van der Waals surface area contributed by atoms with E-state index in [9.17, 15) is 24.7 Å². The van der Waals surface area contributed by atoms with Crippen LogP contribution >= 0.6 is 0 Å². The van der Waals surface area contributed by atoms with Gasteiger partial charge in [-0.3, -0.25) is 4.90 Å². The Morgan fingerprint density at radius 2 is 1.68 bits per heavy atom. The number of quaternary nitrogens is 1. The first-order chi connectivity index (χ1) is 13.5. The molecule has 1 aliphatic heterocycles. The number of urea groups is 1. The largest absolute Gasteiger partial charge is 0.615 e. The third kappa shape index (κ3) is 3.94. The SMILES string of the molecule is O=C(O)C(c1ccccc1)[N+]([O-])(C(=O)C1CCCCC1)C(=O)N1CCNCC1. The molecule has 0 aromatic heterocycles. The van der Waals surface area contributed by atoms with Crippen molar-refractivity contribution >= 4 is 17.9 Å². The van der Waals surface area contributed by atoms with Crippen molar-refractivity contribution in [1.82, 2.24) is 10.2 Å². The van der Waals surface area contributed by atoms with Crippen LogP contribution in [0.15, 0.2) is 30.3 Å². The molecule has 0 bridgehead atoms. The van der Waals surface area contributed by atoms with Crippen LogP contribution in [0.4, 0.5) is 4.79 Å². The van der Waals surface area contributed by atoms with Crippen LogP contribution < -0.4 is 5.32 Å². The van der Waals surface area contributed by atoms with E-state index in [0.29, 0.717) is 25.9 Å². The topological polar surface area (TPSA) is 110 Å². The van der Waals surface area contributed by atoms with E-state index in [1.54, 1.807) is 18.2 Å². The Labute approximate surface area is 164 Å². The Bertz CT molecular complexity index is 682. The van der Waals surface area contributed by atoms with Crippen LogP contribution in [0, 0.1) is 11.1 Å². The highest BCUT2D eigenvalue weighted by atomic mass is 16.6. The van der Waals surface area contributed by atoms with E-state index in [4.69, 9.17) is 0 Å². The summed E-state index contributed by atoms with van der Waals surface area (Å²) in [7, 11) is 0. The van der Waals surface area contributed by atoms with Gasteiger partial charge in [0.2, 0.25) is 6.04 Å². The van der Waals surface area contributed by atoms with Crippen LogP contribution in [0.3, 0.4) is 0 Å². The average molecular weight is 389 g/mol. The fourth-order valence-corrected chi connectivity index (χ4v) is 4.16. The Morgan fingerprint density at radius 1 is 1.07 bits per heavy atom. The van der Waals surface area contributed by atoms with Gasteiger partial charge in [0, 0.05) is 31.7 Å². The highest BCUT2D eigenvalue weighted by Gasteiger charge is 2.53. The number of carbonyl (C=O) groups is 3. The van der Waals surface area contributed by atoms with Gasteiger partial charge in [0.15, 0.2) is 0 Å². The second-order valence-corrected chi connectivity index (χ2v) is 7.50. The first-order valence-electron chi connectivity index (χ1n) is 9.88. The zero-order valence-electron chi connectivity index (χ0n) is 15.9. The highest BCUT2D eigenvalue weighted by molar-refractivity contribution is 5.90. The maximum Gasteiger partial charge on any atom is 0.427 e. The molecule has 1 saturated carbocycles. The summed E-state index contributed by atoms with van der Waals surface area (Å²) in [6, 6.07) is 5.12. The van der Waals surface area contributed by atoms with Crippen molar-refractivity contribution < 1.29 is 24.1 Å². The predicted molar refractivity (Wildman–Crippen MR) is 102 cm³/mol. The van der Waals surface area contributed by atoms with Crippen LogP contribution in [0.5, 0.6) is 0 Å². The smallest absolute Gasteiger partial charge is 0.427 e. The van der Waals surface area contributed by atoms with Crippen molar-refractivity contribution in [2.75, 3.05) is 26.2 Å². The van der Waals surface area contributed by atoms with Crippen LogP contribution in [0.2, 0.25) is 0 Å². The fraction of sp³-hybridized carbons (Fsp3) is 0.550. The number of piperazine rings is 1. The van der Waals surface area contributed by atoms with Crippen molar-refractivity contribution in [2.45, 2.75) is 38.1 Å². The fourth-order valence-electron chi connectivity index (χ4n) is 4.16. The van der Waals surface area contributed by atoms with Gasteiger partial charge in [0.05, 0.1) is 5.92 Å². The van der Waals surface area contributed by atoms with Crippen molar-refractivity contribution in [1.29, 1.82) is 0 Å². The second-order valence-electron chi connectivity index (χ2n) is 7.50. The summed E-state index contributed by atoms with van der Waals surface area (Å²) in [5.74, 6) is -2.86. The Morgan fingerprint density at radius 3 is 2.25 bits per heavy atom. The van der Waals surface area contributed by atoms with E-state index in [1.807, 2.05) is 0 Å². The lowest BCUT2D eigenvalue weighted by Gasteiger charge is -2.46. The molecule has 1 aliphatic carbocycles. The molecule has 28 heavy (non-hydrogen) atoms. The lowest BCUT2D eigenvalue weighted by Crippen LogP contribution is -2.64. The molecule has 3 rings (SSSR count). The molecule has 0 radical (unpaired) electrons. The summed E-state index contributed by atoms with van der Waals surface area (Å²) < 4.78 is -1.98. The number of carboxylic acids is 1. The van der Waals surface area contributed by atoms with Crippen LogP contribution in [-0.2, 0) is 9.59 Å². The predicted octanol–water partition coefficient (Wildman–Crippen LogP) is 2.26. The number of benzene rings is 1. The van der Waals surface area contributed by atoms with E-state index in [-0.39, 0.29) is 18.7 Å². The Kier molecular flexibility index (Phi) is 6.43. The molecule has 1 heterocycles. The molecule has 2 aliphatic rings. The maximum atomic E-state index is 14.0. The minimum Gasteiger partial charge on any atom is -0.615 e. The lowest BCUT2D eigenvalue weighted by molar-refractivity contribution is -0.752. The van der Waals surface area contributed by atoms with E-state index in [0.717, 1.165) is 19.3 Å². The molecule has 1 aromatic rings. The number of hydrogen-bond acceptors (Lipinski definition) is 5. The van der Waals surface area contributed by atoms with Gasteiger partial charge in [0.25, 0.3) is 0 Å². The third-order valence-corrected chi connectivity index (χ3v) is 5.67. The molecule has 2 unspecified atom stereocenters. The first kappa shape index (κ1) is 20.4. The molecule has 152 valence electrons. The molecular weight excluding hydrogens is 362 g/mol. The first-order valence-corrected chi connectivity index (χ1v) is 9.88. The number of rotatable bonds is 4. The van der Waals surface area contributed by atoms with E-state index >= 15 is 0 Å². The minimum atomic E-state index is -1.98. The Balaban J connectivity index is 2.04. The van der Waals surface area contributed by atoms with Crippen molar-refractivity contribution in [3.63, 3.8) is 0 Å². The molecule has 8 heteroatoms. The summed E-state index contributed by atoms with van der Waals surface area (Å²) in [5, 5.41) is 27.0. The number of carboxylic acid groups (broad SMARTS) is 1.